The lowest BCUT2D eigenvalue weighted by molar-refractivity contribution is 0.202. The number of hydrogen-bond donors (Lipinski definition) is 1. The SMILES string of the molecule is CN1CCNCC1c1c(Cl)ncnc1Cl. The Bertz CT molecular complexity index is 338. The van der Waals surface area contributed by atoms with Crippen LogP contribution >= 0.6 is 23.2 Å². The molecule has 2 rings (SSSR count). The zero-order chi connectivity index (χ0) is 10.8. The molecule has 0 aliphatic carbocycles. The molecular weight excluding hydrogens is 235 g/mol. The van der Waals surface area contributed by atoms with Crippen LogP contribution < -0.4 is 5.32 Å². The van der Waals surface area contributed by atoms with E-state index < -0.39 is 0 Å². The number of halogens is 2. The molecule has 1 saturated heterocycles. The second-order valence-corrected chi connectivity index (χ2v) is 4.29. The molecule has 1 aromatic rings. The highest BCUT2D eigenvalue weighted by Crippen LogP contribution is 2.30. The summed E-state index contributed by atoms with van der Waals surface area (Å²) < 4.78 is 0. The van der Waals surface area contributed by atoms with Crippen molar-refractivity contribution in [3.8, 4) is 0 Å². The minimum atomic E-state index is 0.153. The standard InChI is InChI=1S/C9H12Cl2N4/c1-15-3-2-12-4-6(15)7-8(10)13-5-14-9(7)11/h5-6,12H,2-4H2,1H3. The van der Waals surface area contributed by atoms with E-state index in [1.165, 1.54) is 6.33 Å². The van der Waals surface area contributed by atoms with Crippen LogP contribution in [0, 0.1) is 0 Å². The lowest BCUT2D eigenvalue weighted by Crippen LogP contribution is -2.44. The lowest BCUT2D eigenvalue weighted by Gasteiger charge is -2.33. The summed E-state index contributed by atoms with van der Waals surface area (Å²) >= 11 is 12.1. The maximum absolute atomic E-state index is 6.04. The molecule has 1 aliphatic rings. The van der Waals surface area contributed by atoms with Gasteiger partial charge < -0.3 is 5.32 Å². The molecule has 2 heterocycles. The van der Waals surface area contributed by atoms with Crippen molar-refractivity contribution in [1.82, 2.24) is 20.2 Å². The normalized spacial score (nSPS) is 23.0. The highest BCUT2D eigenvalue weighted by atomic mass is 35.5. The minimum Gasteiger partial charge on any atom is -0.314 e. The van der Waals surface area contributed by atoms with Gasteiger partial charge in [-0.3, -0.25) is 4.90 Å². The summed E-state index contributed by atoms with van der Waals surface area (Å²) in [6.45, 7) is 2.77. The molecule has 0 radical (unpaired) electrons. The molecule has 1 N–H and O–H groups in total. The Kier molecular flexibility index (Phi) is 3.41. The second kappa shape index (κ2) is 4.61. The summed E-state index contributed by atoms with van der Waals surface area (Å²) in [5.41, 5.74) is 0.815. The van der Waals surface area contributed by atoms with Gasteiger partial charge in [0.1, 0.15) is 16.6 Å². The molecule has 1 aliphatic heterocycles. The molecule has 1 unspecified atom stereocenters. The largest absolute Gasteiger partial charge is 0.314 e. The number of hydrogen-bond acceptors (Lipinski definition) is 4. The van der Waals surface area contributed by atoms with Gasteiger partial charge in [0, 0.05) is 25.2 Å². The van der Waals surface area contributed by atoms with Crippen molar-refractivity contribution in [1.29, 1.82) is 0 Å². The van der Waals surface area contributed by atoms with Crippen molar-refractivity contribution >= 4 is 23.2 Å². The zero-order valence-corrected chi connectivity index (χ0v) is 9.89. The first-order valence-corrected chi connectivity index (χ1v) is 5.52. The summed E-state index contributed by atoms with van der Waals surface area (Å²) in [5, 5.41) is 4.18. The molecular formula is C9H12Cl2N4. The van der Waals surface area contributed by atoms with E-state index >= 15 is 0 Å². The summed E-state index contributed by atoms with van der Waals surface area (Å²) in [6, 6.07) is 0.153. The Morgan fingerprint density at radius 3 is 2.67 bits per heavy atom. The van der Waals surface area contributed by atoms with Gasteiger partial charge >= 0.3 is 0 Å². The molecule has 1 aromatic heterocycles. The number of nitrogens with zero attached hydrogens (tertiary/aromatic N) is 3. The highest BCUT2D eigenvalue weighted by Gasteiger charge is 2.25. The van der Waals surface area contributed by atoms with Gasteiger partial charge in [-0.15, -0.1) is 0 Å². The molecule has 1 atom stereocenters. The quantitative estimate of drug-likeness (QED) is 0.761. The molecule has 0 bridgehead atoms. The smallest absolute Gasteiger partial charge is 0.138 e. The Labute approximate surface area is 98.6 Å². The minimum absolute atomic E-state index is 0.153. The van der Waals surface area contributed by atoms with Crippen LogP contribution in [0.25, 0.3) is 0 Å². The summed E-state index contributed by atoms with van der Waals surface area (Å²) in [7, 11) is 2.05. The van der Waals surface area contributed by atoms with Gasteiger partial charge in [-0.2, -0.15) is 0 Å². The van der Waals surface area contributed by atoms with E-state index in [0.717, 1.165) is 25.2 Å². The first-order chi connectivity index (χ1) is 7.20. The second-order valence-electron chi connectivity index (χ2n) is 3.57. The lowest BCUT2D eigenvalue weighted by atomic mass is 10.1. The van der Waals surface area contributed by atoms with E-state index in [1.54, 1.807) is 0 Å². The molecule has 0 spiro atoms. The van der Waals surface area contributed by atoms with Crippen molar-refractivity contribution in [3.05, 3.63) is 22.2 Å². The Morgan fingerprint density at radius 1 is 1.40 bits per heavy atom. The summed E-state index contributed by atoms with van der Waals surface area (Å²) in [4.78, 5) is 10.1. The van der Waals surface area contributed by atoms with E-state index in [1.807, 2.05) is 7.05 Å². The highest BCUT2D eigenvalue weighted by molar-refractivity contribution is 6.34. The van der Waals surface area contributed by atoms with Crippen molar-refractivity contribution < 1.29 is 0 Å². The van der Waals surface area contributed by atoms with Gasteiger partial charge in [0.2, 0.25) is 0 Å². The fourth-order valence-electron chi connectivity index (χ4n) is 1.76. The van der Waals surface area contributed by atoms with Crippen LogP contribution in [-0.2, 0) is 0 Å². The molecule has 1 fully saturated rings. The molecule has 6 heteroatoms. The van der Waals surface area contributed by atoms with E-state index in [-0.39, 0.29) is 6.04 Å². The maximum Gasteiger partial charge on any atom is 0.138 e. The Hall–Kier alpha value is -0.420. The van der Waals surface area contributed by atoms with E-state index in [2.05, 4.69) is 20.2 Å². The first-order valence-electron chi connectivity index (χ1n) is 4.77. The van der Waals surface area contributed by atoms with Gasteiger partial charge in [0.05, 0.1) is 6.04 Å². The third-order valence-corrected chi connectivity index (χ3v) is 3.23. The summed E-state index contributed by atoms with van der Waals surface area (Å²) in [6.07, 6.45) is 1.38. The van der Waals surface area contributed by atoms with Gasteiger partial charge in [-0.25, -0.2) is 9.97 Å². The molecule has 0 saturated carbocycles. The zero-order valence-electron chi connectivity index (χ0n) is 8.37. The average molecular weight is 247 g/mol. The Morgan fingerprint density at radius 2 is 2.07 bits per heavy atom. The van der Waals surface area contributed by atoms with E-state index in [4.69, 9.17) is 23.2 Å². The number of likely N-dealkylation sites (N-methyl/N-ethyl adjacent to an activating group) is 1. The maximum atomic E-state index is 6.04. The summed E-state index contributed by atoms with van der Waals surface area (Å²) in [5.74, 6) is 0. The van der Waals surface area contributed by atoms with E-state index in [0.29, 0.717) is 10.3 Å². The monoisotopic (exact) mass is 246 g/mol. The van der Waals surface area contributed by atoms with E-state index in [9.17, 15) is 0 Å². The third-order valence-electron chi connectivity index (χ3n) is 2.63. The fraction of sp³-hybridized carbons (Fsp3) is 0.556. The third kappa shape index (κ3) is 2.23. The van der Waals surface area contributed by atoms with Crippen LogP contribution in [0.3, 0.4) is 0 Å². The van der Waals surface area contributed by atoms with Gasteiger partial charge in [-0.1, -0.05) is 23.2 Å². The molecule has 4 nitrogen and oxygen atoms in total. The van der Waals surface area contributed by atoms with Crippen molar-refractivity contribution in [2.75, 3.05) is 26.7 Å². The van der Waals surface area contributed by atoms with Gasteiger partial charge in [0.15, 0.2) is 0 Å². The number of piperazine rings is 1. The molecule has 0 aromatic carbocycles. The predicted octanol–water partition coefficient (Wildman–Crippen LogP) is 1.36. The number of aromatic nitrogens is 2. The van der Waals surface area contributed by atoms with Crippen molar-refractivity contribution in [3.63, 3.8) is 0 Å². The fourth-order valence-corrected chi connectivity index (χ4v) is 2.32. The molecule has 82 valence electrons. The van der Waals surface area contributed by atoms with Crippen LogP contribution in [-0.4, -0.2) is 41.5 Å². The van der Waals surface area contributed by atoms with Crippen LogP contribution in [0.1, 0.15) is 11.6 Å². The molecule has 15 heavy (non-hydrogen) atoms. The van der Waals surface area contributed by atoms with Crippen LogP contribution in [0.2, 0.25) is 10.3 Å². The van der Waals surface area contributed by atoms with Gasteiger partial charge in [0.25, 0.3) is 0 Å². The topological polar surface area (TPSA) is 41.0 Å². The van der Waals surface area contributed by atoms with Crippen molar-refractivity contribution in [2.24, 2.45) is 0 Å². The van der Waals surface area contributed by atoms with Gasteiger partial charge in [-0.05, 0) is 7.05 Å². The Balaban J connectivity index is 2.35. The molecule has 0 amide bonds. The average Bonchev–Trinajstić information content (AvgIpc) is 2.20. The van der Waals surface area contributed by atoms with Crippen molar-refractivity contribution in [2.45, 2.75) is 6.04 Å². The number of nitrogens with one attached hydrogen (secondary N) is 1. The van der Waals surface area contributed by atoms with Crippen LogP contribution in [0.5, 0.6) is 0 Å². The number of rotatable bonds is 1. The first kappa shape index (κ1) is 11.1. The van der Waals surface area contributed by atoms with Crippen LogP contribution in [0.15, 0.2) is 6.33 Å². The van der Waals surface area contributed by atoms with Crippen LogP contribution in [0.4, 0.5) is 0 Å². The predicted molar refractivity (Wildman–Crippen MR) is 60.3 cm³/mol.